The first-order valence-electron chi connectivity index (χ1n) is 5.83. The van der Waals surface area contributed by atoms with E-state index in [1.807, 2.05) is 6.92 Å². The molecule has 18 heavy (non-hydrogen) atoms. The summed E-state index contributed by atoms with van der Waals surface area (Å²) in [6, 6.07) is -0.505. The highest BCUT2D eigenvalue weighted by Crippen LogP contribution is 1.86. The summed E-state index contributed by atoms with van der Waals surface area (Å²) in [6.07, 6.45) is 0.804. The molecule has 0 rings (SSSR count). The third kappa shape index (κ3) is 7.61. The number of nitrogens with zero attached hydrogens (tertiary/aromatic N) is 2. The second-order valence-corrected chi connectivity index (χ2v) is 4.26. The molecule has 2 N–H and O–H groups in total. The average Bonchev–Trinajstić information content (AvgIpc) is 2.25. The van der Waals surface area contributed by atoms with Crippen molar-refractivity contribution in [1.82, 2.24) is 20.4 Å². The zero-order chi connectivity index (χ0) is 14.1. The van der Waals surface area contributed by atoms with Crippen molar-refractivity contribution in [1.29, 1.82) is 0 Å². The van der Waals surface area contributed by atoms with Gasteiger partial charge in [0.1, 0.15) is 0 Å². The monoisotopic (exact) mass is 258 g/mol. The van der Waals surface area contributed by atoms with Crippen LogP contribution in [-0.4, -0.2) is 68.4 Å². The van der Waals surface area contributed by atoms with Crippen molar-refractivity contribution < 1.29 is 14.4 Å². The Balaban J connectivity index is 3.93. The highest BCUT2D eigenvalue weighted by atomic mass is 16.2. The summed E-state index contributed by atoms with van der Waals surface area (Å²) in [5.74, 6) is -0.529. The zero-order valence-corrected chi connectivity index (χ0v) is 11.4. The predicted octanol–water partition coefficient (Wildman–Crippen LogP) is -0.758. The van der Waals surface area contributed by atoms with Gasteiger partial charge in [0.05, 0.1) is 13.1 Å². The summed E-state index contributed by atoms with van der Waals surface area (Å²) in [4.78, 5) is 37.0. The van der Waals surface area contributed by atoms with Crippen LogP contribution in [0.1, 0.15) is 13.3 Å². The SMILES string of the molecule is CCCNC(=O)NC(=O)CN(C)CC(=O)N(C)C. The molecule has 0 atom stereocenters. The molecule has 0 fully saturated rings. The minimum atomic E-state index is -0.505. The van der Waals surface area contributed by atoms with Gasteiger partial charge >= 0.3 is 6.03 Å². The number of hydrogen-bond donors (Lipinski definition) is 2. The van der Waals surface area contributed by atoms with E-state index in [1.165, 1.54) is 4.90 Å². The number of carbonyl (C=O) groups is 3. The summed E-state index contributed by atoms with van der Waals surface area (Å²) < 4.78 is 0. The van der Waals surface area contributed by atoms with Gasteiger partial charge in [0.2, 0.25) is 11.8 Å². The Morgan fingerprint density at radius 1 is 1.06 bits per heavy atom. The third-order valence-corrected chi connectivity index (χ3v) is 2.11. The minimum Gasteiger partial charge on any atom is -0.348 e. The molecule has 0 unspecified atom stereocenters. The standard InChI is InChI=1S/C11H22N4O3/c1-5-6-12-11(18)13-9(16)7-15(4)8-10(17)14(2)3/h5-8H2,1-4H3,(H2,12,13,16,18). The fourth-order valence-electron chi connectivity index (χ4n) is 1.12. The molecule has 0 aromatic rings. The van der Waals surface area contributed by atoms with Crippen LogP contribution >= 0.6 is 0 Å². The largest absolute Gasteiger partial charge is 0.348 e. The number of likely N-dealkylation sites (N-methyl/N-ethyl adjacent to an activating group) is 2. The topological polar surface area (TPSA) is 81.8 Å². The molecule has 0 aliphatic carbocycles. The maximum absolute atomic E-state index is 11.4. The highest BCUT2D eigenvalue weighted by molar-refractivity contribution is 5.95. The first kappa shape index (κ1) is 16.4. The van der Waals surface area contributed by atoms with Gasteiger partial charge in [-0.15, -0.1) is 0 Å². The van der Waals surface area contributed by atoms with Crippen molar-refractivity contribution in [3.8, 4) is 0 Å². The van der Waals surface area contributed by atoms with E-state index in [0.717, 1.165) is 6.42 Å². The molecule has 104 valence electrons. The summed E-state index contributed by atoms with van der Waals surface area (Å²) in [6.45, 7) is 2.58. The van der Waals surface area contributed by atoms with Crippen molar-refractivity contribution >= 4 is 17.8 Å². The fraction of sp³-hybridized carbons (Fsp3) is 0.727. The molecule has 7 heteroatoms. The van der Waals surface area contributed by atoms with Crippen LogP contribution in [-0.2, 0) is 9.59 Å². The Morgan fingerprint density at radius 2 is 1.67 bits per heavy atom. The van der Waals surface area contributed by atoms with Crippen molar-refractivity contribution in [3.05, 3.63) is 0 Å². The number of amides is 4. The maximum atomic E-state index is 11.4. The Hall–Kier alpha value is -1.63. The Bertz CT molecular complexity index is 305. The normalized spacial score (nSPS) is 10.1. The van der Waals surface area contributed by atoms with Crippen LogP contribution in [0.2, 0.25) is 0 Å². The summed E-state index contributed by atoms with van der Waals surface area (Å²) in [5, 5.41) is 4.72. The van der Waals surface area contributed by atoms with Gasteiger partial charge in [-0.3, -0.25) is 19.8 Å². The molecule has 0 saturated heterocycles. The Labute approximate surface area is 107 Å². The van der Waals surface area contributed by atoms with Crippen molar-refractivity contribution in [2.24, 2.45) is 0 Å². The number of rotatable bonds is 6. The van der Waals surface area contributed by atoms with Crippen LogP contribution < -0.4 is 10.6 Å². The second kappa shape index (κ2) is 8.46. The number of carbonyl (C=O) groups excluding carboxylic acids is 3. The maximum Gasteiger partial charge on any atom is 0.321 e. The lowest BCUT2D eigenvalue weighted by molar-refractivity contribution is -0.130. The van der Waals surface area contributed by atoms with Crippen LogP contribution in [0.3, 0.4) is 0 Å². The minimum absolute atomic E-state index is 0.000868. The molecule has 4 amide bonds. The molecule has 0 spiro atoms. The molecular formula is C11H22N4O3. The second-order valence-electron chi connectivity index (χ2n) is 4.26. The molecule has 0 aromatic heterocycles. The summed E-state index contributed by atoms with van der Waals surface area (Å²) >= 11 is 0. The molecule has 0 saturated carbocycles. The van der Waals surface area contributed by atoms with Crippen LogP contribution in [0.25, 0.3) is 0 Å². The number of urea groups is 1. The van der Waals surface area contributed by atoms with E-state index in [2.05, 4.69) is 10.6 Å². The Kier molecular flexibility index (Phi) is 7.69. The van der Waals surface area contributed by atoms with E-state index in [0.29, 0.717) is 6.54 Å². The summed E-state index contributed by atoms with van der Waals surface area (Å²) in [7, 11) is 4.94. The van der Waals surface area contributed by atoms with Gasteiger partial charge in [-0.05, 0) is 13.5 Å². The van der Waals surface area contributed by atoms with Gasteiger partial charge in [-0.2, -0.15) is 0 Å². The van der Waals surface area contributed by atoms with Gasteiger partial charge in [-0.25, -0.2) is 4.79 Å². The highest BCUT2D eigenvalue weighted by Gasteiger charge is 2.13. The first-order valence-corrected chi connectivity index (χ1v) is 5.83. The fourth-order valence-corrected chi connectivity index (χ4v) is 1.12. The van der Waals surface area contributed by atoms with Crippen LogP contribution in [0.4, 0.5) is 4.79 Å². The van der Waals surface area contributed by atoms with Gasteiger partial charge in [0, 0.05) is 20.6 Å². The van der Waals surface area contributed by atoms with Gasteiger partial charge in [0.15, 0.2) is 0 Å². The molecule has 0 radical (unpaired) electrons. The number of imide groups is 1. The van der Waals surface area contributed by atoms with Gasteiger partial charge in [-0.1, -0.05) is 6.92 Å². The van der Waals surface area contributed by atoms with Crippen LogP contribution in [0.15, 0.2) is 0 Å². The number of nitrogens with one attached hydrogen (secondary N) is 2. The molecule has 0 bridgehead atoms. The quantitative estimate of drug-likeness (QED) is 0.656. The van der Waals surface area contributed by atoms with Crippen molar-refractivity contribution in [2.75, 3.05) is 40.8 Å². The third-order valence-electron chi connectivity index (χ3n) is 2.11. The van der Waals surface area contributed by atoms with E-state index in [1.54, 1.807) is 26.0 Å². The smallest absolute Gasteiger partial charge is 0.321 e. The van der Waals surface area contributed by atoms with E-state index < -0.39 is 11.9 Å². The molecule has 0 heterocycles. The van der Waals surface area contributed by atoms with Crippen molar-refractivity contribution in [2.45, 2.75) is 13.3 Å². The predicted molar refractivity (Wildman–Crippen MR) is 68.0 cm³/mol. The van der Waals surface area contributed by atoms with Gasteiger partial charge < -0.3 is 10.2 Å². The van der Waals surface area contributed by atoms with E-state index >= 15 is 0 Å². The van der Waals surface area contributed by atoms with E-state index in [9.17, 15) is 14.4 Å². The van der Waals surface area contributed by atoms with Crippen LogP contribution in [0, 0.1) is 0 Å². The molecule has 7 nitrogen and oxygen atoms in total. The summed E-state index contributed by atoms with van der Waals surface area (Å²) in [5.41, 5.74) is 0. The molecule has 0 aliphatic rings. The van der Waals surface area contributed by atoms with Crippen LogP contribution in [0.5, 0.6) is 0 Å². The lowest BCUT2D eigenvalue weighted by Crippen LogP contribution is -2.45. The van der Waals surface area contributed by atoms with E-state index in [-0.39, 0.29) is 19.0 Å². The zero-order valence-electron chi connectivity index (χ0n) is 11.4. The average molecular weight is 258 g/mol. The van der Waals surface area contributed by atoms with Crippen molar-refractivity contribution in [3.63, 3.8) is 0 Å². The molecule has 0 aliphatic heterocycles. The molecule has 0 aromatic carbocycles. The van der Waals surface area contributed by atoms with E-state index in [4.69, 9.17) is 0 Å². The Morgan fingerprint density at radius 3 is 2.17 bits per heavy atom. The lowest BCUT2D eigenvalue weighted by atomic mass is 10.4. The van der Waals surface area contributed by atoms with Gasteiger partial charge in [0.25, 0.3) is 0 Å². The lowest BCUT2D eigenvalue weighted by Gasteiger charge is -2.18. The molecular weight excluding hydrogens is 236 g/mol. The number of hydrogen-bond acceptors (Lipinski definition) is 4. The first-order chi connectivity index (χ1) is 8.36.